The third kappa shape index (κ3) is 6.49. The molecule has 1 aromatic heterocycles. The molecule has 0 amide bonds. The van der Waals surface area contributed by atoms with Crippen molar-refractivity contribution in [1.29, 1.82) is 5.26 Å². The van der Waals surface area contributed by atoms with E-state index in [9.17, 15) is 5.26 Å². The fourth-order valence-corrected chi connectivity index (χ4v) is 8.30. The van der Waals surface area contributed by atoms with Gasteiger partial charge in [0, 0.05) is 29.3 Å². The van der Waals surface area contributed by atoms with Gasteiger partial charge in [0.25, 0.3) is 0 Å². The van der Waals surface area contributed by atoms with Crippen LogP contribution in [0, 0.1) is 11.3 Å². The lowest BCUT2D eigenvalue weighted by atomic mass is 10.1. The fraction of sp³-hybridized carbons (Fsp3) is 0.357. The third-order valence-electron chi connectivity index (χ3n) is 7.08. The van der Waals surface area contributed by atoms with Crippen LogP contribution in [-0.4, -0.2) is 25.5 Å². The molecule has 1 N–H and O–H groups in total. The van der Waals surface area contributed by atoms with E-state index in [4.69, 9.17) is 0 Å². The van der Waals surface area contributed by atoms with Crippen molar-refractivity contribution in [3.8, 4) is 17.2 Å². The van der Waals surface area contributed by atoms with Crippen molar-refractivity contribution >= 4 is 36.2 Å². The molecule has 0 radical (unpaired) electrons. The van der Waals surface area contributed by atoms with Gasteiger partial charge in [-0.3, -0.25) is 4.99 Å². The number of benzene rings is 2. The highest BCUT2D eigenvalue weighted by molar-refractivity contribution is 9.10. The summed E-state index contributed by atoms with van der Waals surface area (Å²) in [7, 11) is -1.09. The van der Waals surface area contributed by atoms with Gasteiger partial charge < -0.3 is 9.88 Å². The van der Waals surface area contributed by atoms with Crippen LogP contribution in [0.3, 0.4) is 0 Å². The largest absolute Gasteiger partial charge is 0.332 e. The topological polar surface area (TPSA) is 53.1 Å². The molecule has 0 bridgehead atoms. The lowest BCUT2D eigenvalue weighted by molar-refractivity contribution is 0.815. The van der Waals surface area contributed by atoms with Crippen molar-refractivity contribution in [1.82, 2.24) is 4.57 Å². The number of nitriles is 1. The van der Waals surface area contributed by atoms with E-state index in [0.29, 0.717) is 12.1 Å². The van der Waals surface area contributed by atoms with E-state index in [1.165, 1.54) is 29.7 Å². The van der Waals surface area contributed by atoms with E-state index >= 15 is 0 Å². The van der Waals surface area contributed by atoms with Crippen molar-refractivity contribution < 1.29 is 0 Å². The van der Waals surface area contributed by atoms with Crippen LogP contribution >= 0.6 is 15.9 Å². The summed E-state index contributed by atoms with van der Waals surface area (Å²) in [4.78, 5) is 4.65. The summed E-state index contributed by atoms with van der Waals surface area (Å²) in [6, 6.07) is 26.2. The average Bonchev–Trinajstić information content (AvgIpc) is 3.23. The molecule has 3 aromatic rings. The Labute approximate surface area is 213 Å². The number of aromatic nitrogens is 1. The molecule has 0 unspecified atom stereocenters. The molecule has 0 aliphatic heterocycles. The molecule has 0 spiro atoms. The van der Waals surface area contributed by atoms with Crippen molar-refractivity contribution in [2.24, 2.45) is 4.99 Å². The molecule has 0 saturated heterocycles. The van der Waals surface area contributed by atoms with Crippen LogP contribution in [0.2, 0.25) is 24.2 Å². The van der Waals surface area contributed by atoms with E-state index < -0.39 is 8.07 Å². The van der Waals surface area contributed by atoms with Crippen LogP contribution in [-0.2, 0) is 6.54 Å². The molecule has 0 aliphatic rings. The van der Waals surface area contributed by atoms with Gasteiger partial charge in [-0.15, -0.1) is 0 Å². The molecule has 6 heteroatoms. The summed E-state index contributed by atoms with van der Waals surface area (Å²) in [5.41, 5.74) is 3.78. The van der Waals surface area contributed by atoms with E-state index in [1.54, 1.807) is 6.34 Å². The Morgan fingerprint density at radius 3 is 2.32 bits per heavy atom. The number of nitrogens with zero attached hydrogens (tertiary/aromatic N) is 3. The lowest BCUT2D eigenvalue weighted by Crippen LogP contribution is -2.31. The monoisotopic (exact) mass is 534 g/mol. The van der Waals surface area contributed by atoms with E-state index in [1.807, 2.05) is 42.5 Å². The summed E-state index contributed by atoms with van der Waals surface area (Å²) in [6.07, 6.45) is 4.98. The molecule has 0 fully saturated rings. The predicted octanol–water partition coefficient (Wildman–Crippen LogP) is 8.18. The summed E-state index contributed by atoms with van der Waals surface area (Å²) in [5.74, 6) is 0.785. The standard InChI is InChI=1S/C28H35BrN4Si/c1-4-34(5-2,6-3)18-10-17-31-22-32-28-26(19-30)27(24-11-8-7-9-12-24)21-33(28)20-23-13-15-25(29)16-14-23/h7-9,11-16,21-22H,4-6,10,17-18,20H2,1-3H3,(H,31,32). The van der Waals surface area contributed by atoms with E-state index in [2.05, 4.69) is 76.0 Å². The zero-order chi connectivity index (χ0) is 24.4. The van der Waals surface area contributed by atoms with Crippen LogP contribution in [0.5, 0.6) is 0 Å². The van der Waals surface area contributed by atoms with Gasteiger partial charge in [-0.25, -0.2) is 0 Å². The minimum Gasteiger partial charge on any atom is -0.332 e. The molecule has 0 saturated carbocycles. The van der Waals surface area contributed by atoms with Gasteiger partial charge in [-0.1, -0.05) is 103 Å². The molecule has 0 aliphatic carbocycles. The summed E-state index contributed by atoms with van der Waals surface area (Å²) < 4.78 is 3.16. The first-order valence-electron chi connectivity index (χ1n) is 12.2. The Bertz CT molecular complexity index is 1100. The smallest absolute Gasteiger partial charge is 0.130 e. The minimum absolute atomic E-state index is 0.643. The molecule has 34 heavy (non-hydrogen) atoms. The van der Waals surface area contributed by atoms with Crippen molar-refractivity contribution in [3.05, 3.63) is 76.4 Å². The molecule has 2 aromatic carbocycles. The Balaban J connectivity index is 1.80. The SMILES string of the molecule is CC[Si](CC)(CC)CCCN=CNc1c(C#N)c(-c2ccccc2)cn1Cc1ccc(Br)cc1. The molecule has 1 heterocycles. The molecular formula is C28H35BrN4Si. The number of nitrogens with one attached hydrogen (secondary N) is 1. The Morgan fingerprint density at radius 2 is 1.71 bits per heavy atom. The zero-order valence-electron chi connectivity index (χ0n) is 20.5. The summed E-state index contributed by atoms with van der Waals surface area (Å²) >= 11 is 3.51. The maximum Gasteiger partial charge on any atom is 0.130 e. The van der Waals surface area contributed by atoms with Gasteiger partial charge in [0.15, 0.2) is 0 Å². The quantitative estimate of drug-likeness (QED) is 0.110. The highest BCUT2D eigenvalue weighted by atomic mass is 79.9. The van der Waals surface area contributed by atoms with Gasteiger partial charge in [-0.2, -0.15) is 5.26 Å². The average molecular weight is 536 g/mol. The Hall–Kier alpha value is -2.62. The van der Waals surface area contributed by atoms with Gasteiger partial charge in [0.1, 0.15) is 17.5 Å². The van der Waals surface area contributed by atoms with Gasteiger partial charge in [-0.05, 0) is 29.7 Å². The molecule has 4 nitrogen and oxygen atoms in total. The maximum atomic E-state index is 10.0. The fourth-order valence-electron chi connectivity index (χ4n) is 4.57. The molecule has 0 atom stereocenters. The summed E-state index contributed by atoms with van der Waals surface area (Å²) in [6.45, 7) is 8.57. The van der Waals surface area contributed by atoms with Crippen molar-refractivity contribution in [2.75, 3.05) is 11.9 Å². The number of hydrogen-bond acceptors (Lipinski definition) is 2. The van der Waals surface area contributed by atoms with Crippen molar-refractivity contribution in [2.45, 2.75) is 57.9 Å². The first-order valence-corrected chi connectivity index (χ1v) is 15.9. The third-order valence-corrected chi connectivity index (χ3v) is 13.5. The van der Waals surface area contributed by atoms with Crippen LogP contribution in [0.4, 0.5) is 5.82 Å². The molecule has 3 rings (SSSR count). The molecule has 178 valence electrons. The van der Waals surface area contributed by atoms with Gasteiger partial charge >= 0.3 is 0 Å². The number of anilines is 1. The van der Waals surface area contributed by atoms with Gasteiger partial charge in [0.2, 0.25) is 0 Å². The number of halogens is 1. The number of hydrogen-bond donors (Lipinski definition) is 1. The first-order chi connectivity index (χ1) is 16.6. The number of rotatable bonds is 12. The second-order valence-electron chi connectivity index (χ2n) is 8.84. The zero-order valence-corrected chi connectivity index (χ0v) is 23.1. The summed E-state index contributed by atoms with van der Waals surface area (Å²) in [5, 5.41) is 13.4. The predicted molar refractivity (Wildman–Crippen MR) is 151 cm³/mol. The highest BCUT2D eigenvalue weighted by Gasteiger charge is 2.25. The minimum atomic E-state index is -1.09. The Kier molecular flexibility index (Phi) is 9.73. The second-order valence-corrected chi connectivity index (χ2v) is 15.4. The van der Waals surface area contributed by atoms with Crippen LogP contribution in [0.25, 0.3) is 11.1 Å². The van der Waals surface area contributed by atoms with Crippen LogP contribution in [0.1, 0.15) is 38.3 Å². The van der Waals surface area contributed by atoms with Gasteiger partial charge in [0.05, 0.1) is 14.4 Å². The maximum absolute atomic E-state index is 10.0. The number of aliphatic imine (C=N–C) groups is 1. The van der Waals surface area contributed by atoms with Crippen LogP contribution < -0.4 is 5.32 Å². The first kappa shape index (κ1) is 26.0. The van der Waals surface area contributed by atoms with Crippen LogP contribution in [0.15, 0.2) is 70.3 Å². The van der Waals surface area contributed by atoms with E-state index in [-0.39, 0.29) is 0 Å². The van der Waals surface area contributed by atoms with Crippen molar-refractivity contribution in [3.63, 3.8) is 0 Å². The lowest BCUT2D eigenvalue weighted by Gasteiger charge is -2.27. The molecular weight excluding hydrogens is 500 g/mol. The normalized spacial score (nSPS) is 11.6. The van der Waals surface area contributed by atoms with E-state index in [0.717, 1.165) is 34.4 Å². The second kappa shape index (κ2) is 12.7. The highest BCUT2D eigenvalue weighted by Crippen LogP contribution is 2.32. The Morgan fingerprint density at radius 1 is 1.03 bits per heavy atom.